The Hall–Kier alpha value is -2.27. The molecule has 1 saturated carbocycles. The number of hydrogen-bond acceptors (Lipinski definition) is 3. The molecule has 148 valence electrons. The standard InChI is InChI=1S/C23H28N2O2S/c1-17-7-6-8-18(15-17)21(26)25-20(11-14-28-2)22(27)24-16-23(12-13-23)19-9-4-3-5-10-19/h3-10,15,20H,11-14,16H2,1-2H3,(H,24,27)(H,25,26). The van der Waals surface area contributed by atoms with Crippen LogP contribution in [0.15, 0.2) is 54.6 Å². The van der Waals surface area contributed by atoms with Crippen molar-refractivity contribution in [3.63, 3.8) is 0 Å². The number of nitrogens with one attached hydrogen (secondary N) is 2. The summed E-state index contributed by atoms with van der Waals surface area (Å²) in [5.41, 5.74) is 2.95. The summed E-state index contributed by atoms with van der Waals surface area (Å²) < 4.78 is 0. The lowest BCUT2D eigenvalue weighted by Crippen LogP contribution is -2.48. The fourth-order valence-electron chi connectivity index (χ4n) is 3.42. The predicted molar refractivity (Wildman–Crippen MR) is 116 cm³/mol. The second-order valence-corrected chi connectivity index (χ2v) is 8.53. The minimum absolute atomic E-state index is 0.0571. The lowest BCUT2D eigenvalue weighted by atomic mass is 9.96. The highest BCUT2D eigenvalue weighted by Gasteiger charge is 2.44. The quantitative estimate of drug-likeness (QED) is 0.680. The van der Waals surface area contributed by atoms with Gasteiger partial charge in [0.05, 0.1) is 0 Å². The van der Waals surface area contributed by atoms with Crippen LogP contribution in [0.4, 0.5) is 0 Å². The first-order valence-corrected chi connectivity index (χ1v) is 11.1. The molecule has 1 fully saturated rings. The molecule has 1 atom stereocenters. The van der Waals surface area contributed by atoms with Gasteiger partial charge in [0.15, 0.2) is 0 Å². The third kappa shape index (κ3) is 5.16. The summed E-state index contributed by atoms with van der Waals surface area (Å²) in [6.07, 6.45) is 4.79. The molecule has 28 heavy (non-hydrogen) atoms. The van der Waals surface area contributed by atoms with Gasteiger partial charge in [0.2, 0.25) is 5.91 Å². The van der Waals surface area contributed by atoms with Crippen molar-refractivity contribution in [3.05, 3.63) is 71.3 Å². The van der Waals surface area contributed by atoms with Gasteiger partial charge in [-0.1, -0.05) is 48.0 Å². The monoisotopic (exact) mass is 396 g/mol. The highest BCUT2D eigenvalue weighted by Crippen LogP contribution is 2.47. The molecule has 0 heterocycles. The first-order chi connectivity index (χ1) is 13.5. The zero-order valence-electron chi connectivity index (χ0n) is 16.5. The van der Waals surface area contributed by atoms with E-state index < -0.39 is 6.04 Å². The third-order valence-corrected chi connectivity index (χ3v) is 6.00. The molecule has 0 aliphatic heterocycles. The molecule has 4 nitrogen and oxygen atoms in total. The van der Waals surface area contributed by atoms with Crippen LogP contribution in [0.25, 0.3) is 0 Å². The van der Waals surface area contributed by atoms with Gasteiger partial charge in [-0.3, -0.25) is 9.59 Å². The number of amides is 2. The van der Waals surface area contributed by atoms with E-state index in [1.165, 1.54) is 5.56 Å². The predicted octanol–water partition coefficient (Wildman–Crippen LogP) is 3.69. The minimum atomic E-state index is -0.521. The van der Waals surface area contributed by atoms with Crippen LogP contribution in [-0.2, 0) is 10.2 Å². The van der Waals surface area contributed by atoms with E-state index in [4.69, 9.17) is 0 Å². The van der Waals surface area contributed by atoms with E-state index in [0.29, 0.717) is 18.5 Å². The van der Waals surface area contributed by atoms with Gasteiger partial charge in [-0.25, -0.2) is 0 Å². The SMILES string of the molecule is CSCCC(NC(=O)c1cccc(C)c1)C(=O)NCC1(c2ccccc2)CC1. The van der Waals surface area contributed by atoms with Gasteiger partial charge >= 0.3 is 0 Å². The second-order valence-electron chi connectivity index (χ2n) is 7.54. The minimum Gasteiger partial charge on any atom is -0.353 e. The molecular formula is C23H28N2O2S. The first kappa shape index (κ1) is 20.5. The Labute approximate surface area is 171 Å². The van der Waals surface area contributed by atoms with Gasteiger partial charge in [-0.2, -0.15) is 11.8 Å². The Morgan fingerprint density at radius 1 is 1.11 bits per heavy atom. The van der Waals surface area contributed by atoms with Gasteiger partial charge in [-0.15, -0.1) is 0 Å². The van der Waals surface area contributed by atoms with Crippen molar-refractivity contribution in [2.24, 2.45) is 0 Å². The topological polar surface area (TPSA) is 58.2 Å². The molecule has 2 amide bonds. The zero-order valence-corrected chi connectivity index (χ0v) is 17.4. The number of rotatable bonds is 9. The highest BCUT2D eigenvalue weighted by atomic mass is 32.2. The zero-order chi connectivity index (χ0) is 20.0. The average Bonchev–Trinajstić information content (AvgIpc) is 3.51. The highest BCUT2D eigenvalue weighted by molar-refractivity contribution is 7.98. The molecule has 2 aromatic carbocycles. The summed E-state index contributed by atoms with van der Waals surface area (Å²) >= 11 is 1.67. The maximum Gasteiger partial charge on any atom is 0.251 e. The maximum atomic E-state index is 12.9. The summed E-state index contributed by atoms with van der Waals surface area (Å²) in [4.78, 5) is 25.5. The lowest BCUT2D eigenvalue weighted by molar-refractivity contribution is -0.123. The van der Waals surface area contributed by atoms with Gasteiger partial charge in [-0.05, 0) is 55.9 Å². The van der Waals surface area contributed by atoms with Crippen LogP contribution in [0.5, 0.6) is 0 Å². The Bertz CT molecular complexity index is 818. The smallest absolute Gasteiger partial charge is 0.251 e. The second kappa shape index (κ2) is 9.28. The summed E-state index contributed by atoms with van der Waals surface area (Å²) in [6, 6.07) is 17.3. The van der Waals surface area contributed by atoms with Crippen LogP contribution in [0.2, 0.25) is 0 Å². The van der Waals surface area contributed by atoms with E-state index >= 15 is 0 Å². The van der Waals surface area contributed by atoms with Crippen LogP contribution < -0.4 is 10.6 Å². The molecule has 3 rings (SSSR count). The molecule has 0 saturated heterocycles. The normalized spacial score (nSPS) is 15.5. The molecule has 1 aliphatic carbocycles. The Balaban J connectivity index is 1.62. The van der Waals surface area contributed by atoms with E-state index in [9.17, 15) is 9.59 Å². The molecular weight excluding hydrogens is 368 g/mol. The molecule has 0 radical (unpaired) electrons. The van der Waals surface area contributed by atoms with Crippen molar-refractivity contribution < 1.29 is 9.59 Å². The summed E-state index contributed by atoms with van der Waals surface area (Å²) in [5, 5.41) is 6.03. The van der Waals surface area contributed by atoms with Crippen molar-refractivity contribution in [1.82, 2.24) is 10.6 Å². The Morgan fingerprint density at radius 3 is 2.50 bits per heavy atom. The summed E-state index contributed by atoms with van der Waals surface area (Å²) in [5.74, 6) is 0.516. The van der Waals surface area contributed by atoms with E-state index in [0.717, 1.165) is 24.2 Å². The first-order valence-electron chi connectivity index (χ1n) is 9.74. The van der Waals surface area contributed by atoms with Gasteiger partial charge in [0.25, 0.3) is 5.91 Å². The fourth-order valence-corrected chi connectivity index (χ4v) is 3.89. The van der Waals surface area contributed by atoms with Crippen LogP contribution in [-0.4, -0.2) is 36.4 Å². The average molecular weight is 397 g/mol. The third-order valence-electron chi connectivity index (χ3n) is 5.35. The molecule has 2 N–H and O–H groups in total. The molecule has 2 aromatic rings. The number of aryl methyl sites for hydroxylation is 1. The fraction of sp³-hybridized carbons (Fsp3) is 0.391. The molecule has 1 aliphatic rings. The molecule has 5 heteroatoms. The van der Waals surface area contributed by atoms with E-state index in [2.05, 4.69) is 22.8 Å². The van der Waals surface area contributed by atoms with Crippen molar-refractivity contribution in [2.45, 2.75) is 37.6 Å². The molecule has 1 unspecified atom stereocenters. The van der Waals surface area contributed by atoms with E-state index in [1.807, 2.05) is 49.6 Å². The Morgan fingerprint density at radius 2 is 1.86 bits per heavy atom. The number of carbonyl (C=O) groups excluding carboxylic acids is 2. The van der Waals surface area contributed by atoms with E-state index in [-0.39, 0.29) is 17.2 Å². The van der Waals surface area contributed by atoms with Crippen molar-refractivity contribution >= 4 is 23.6 Å². The van der Waals surface area contributed by atoms with Gasteiger partial charge < -0.3 is 10.6 Å². The van der Waals surface area contributed by atoms with Crippen molar-refractivity contribution in [3.8, 4) is 0 Å². The largest absolute Gasteiger partial charge is 0.353 e. The maximum absolute atomic E-state index is 12.9. The van der Waals surface area contributed by atoms with Crippen molar-refractivity contribution in [1.29, 1.82) is 0 Å². The number of hydrogen-bond donors (Lipinski definition) is 2. The number of thioether (sulfide) groups is 1. The van der Waals surface area contributed by atoms with Crippen LogP contribution >= 0.6 is 11.8 Å². The van der Waals surface area contributed by atoms with Crippen LogP contribution in [0.3, 0.4) is 0 Å². The summed E-state index contributed by atoms with van der Waals surface area (Å²) in [7, 11) is 0. The molecule has 0 spiro atoms. The van der Waals surface area contributed by atoms with Crippen LogP contribution in [0.1, 0.15) is 40.7 Å². The molecule has 0 bridgehead atoms. The van der Waals surface area contributed by atoms with Gasteiger partial charge in [0.1, 0.15) is 6.04 Å². The van der Waals surface area contributed by atoms with Gasteiger partial charge in [0, 0.05) is 17.5 Å². The van der Waals surface area contributed by atoms with E-state index in [1.54, 1.807) is 17.8 Å². The summed E-state index contributed by atoms with van der Waals surface area (Å²) in [6.45, 7) is 2.57. The van der Waals surface area contributed by atoms with Crippen LogP contribution in [0, 0.1) is 6.92 Å². The van der Waals surface area contributed by atoms with Crippen molar-refractivity contribution in [2.75, 3.05) is 18.6 Å². The lowest BCUT2D eigenvalue weighted by Gasteiger charge is -2.21. The number of benzene rings is 2. The Kier molecular flexibility index (Phi) is 6.79. The molecule has 0 aromatic heterocycles. The number of carbonyl (C=O) groups is 2.